The lowest BCUT2D eigenvalue weighted by Crippen LogP contribution is -2.38. The number of aromatic nitrogens is 2. The highest BCUT2D eigenvalue weighted by atomic mass is 16.2. The molecule has 16 heavy (non-hydrogen) atoms. The maximum Gasteiger partial charge on any atom is 0.239 e. The smallest absolute Gasteiger partial charge is 0.239 e. The molecule has 6 nitrogen and oxygen atoms in total. The second kappa shape index (κ2) is 5.89. The van der Waals surface area contributed by atoms with Gasteiger partial charge in [0.2, 0.25) is 11.8 Å². The van der Waals surface area contributed by atoms with Crippen molar-refractivity contribution in [1.29, 1.82) is 0 Å². The minimum absolute atomic E-state index is 0.0955. The van der Waals surface area contributed by atoms with Gasteiger partial charge in [0, 0.05) is 38.8 Å². The first-order valence-corrected chi connectivity index (χ1v) is 5.05. The van der Waals surface area contributed by atoms with Gasteiger partial charge in [-0.25, -0.2) is 4.98 Å². The molecule has 1 aromatic rings. The number of likely N-dealkylation sites (N-methyl/N-ethyl adjacent to an activating group) is 1. The molecule has 2 N–H and O–H groups in total. The number of nitrogens with one attached hydrogen (secondary N) is 2. The molecule has 0 atom stereocenters. The summed E-state index contributed by atoms with van der Waals surface area (Å²) in [4.78, 5) is 30.4. The average molecular weight is 224 g/mol. The van der Waals surface area contributed by atoms with Crippen molar-refractivity contribution >= 4 is 11.8 Å². The van der Waals surface area contributed by atoms with Crippen molar-refractivity contribution in [2.75, 3.05) is 20.1 Å². The van der Waals surface area contributed by atoms with Crippen LogP contribution >= 0.6 is 0 Å². The fourth-order valence-corrected chi connectivity index (χ4v) is 1.14. The summed E-state index contributed by atoms with van der Waals surface area (Å²) in [6.07, 6.45) is 4.02. The summed E-state index contributed by atoms with van der Waals surface area (Å²) in [5.74, 6) is -0.277. The van der Waals surface area contributed by atoms with E-state index in [1.54, 1.807) is 19.6 Å². The van der Waals surface area contributed by atoms with E-state index in [1.165, 1.54) is 11.8 Å². The van der Waals surface area contributed by atoms with Gasteiger partial charge in [0.25, 0.3) is 0 Å². The molecule has 88 valence electrons. The third-order valence-electron chi connectivity index (χ3n) is 2.19. The van der Waals surface area contributed by atoms with Crippen molar-refractivity contribution in [3.63, 3.8) is 0 Å². The Morgan fingerprint density at radius 2 is 2.31 bits per heavy atom. The van der Waals surface area contributed by atoms with Gasteiger partial charge >= 0.3 is 0 Å². The summed E-state index contributed by atoms with van der Waals surface area (Å²) in [7, 11) is 1.59. The lowest BCUT2D eigenvalue weighted by molar-refractivity contribution is -0.133. The lowest BCUT2D eigenvalue weighted by atomic mass is 10.3. The maximum atomic E-state index is 11.4. The zero-order valence-corrected chi connectivity index (χ0v) is 9.49. The third-order valence-corrected chi connectivity index (χ3v) is 2.19. The molecule has 1 heterocycles. The summed E-state index contributed by atoms with van der Waals surface area (Å²) < 4.78 is 0. The molecule has 0 saturated heterocycles. The van der Waals surface area contributed by atoms with E-state index < -0.39 is 0 Å². The first-order valence-electron chi connectivity index (χ1n) is 5.05. The highest BCUT2D eigenvalue weighted by Crippen LogP contribution is 1.90. The van der Waals surface area contributed by atoms with E-state index in [0.29, 0.717) is 13.0 Å². The highest BCUT2D eigenvalue weighted by molar-refractivity contribution is 5.83. The van der Waals surface area contributed by atoms with Crippen molar-refractivity contribution in [3.05, 3.63) is 18.2 Å². The third kappa shape index (κ3) is 4.12. The van der Waals surface area contributed by atoms with Crippen LogP contribution in [0.2, 0.25) is 0 Å². The fourth-order valence-electron chi connectivity index (χ4n) is 1.14. The number of nitrogens with zero attached hydrogens (tertiary/aromatic N) is 2. The Hall–Kier alpha value is -1.85. The van der Waals surface area contributed by atoms with Crippen molar-refractivity contribution in [3.8, 4) is 0 Å². The van der Waals surface area contributed by atoms with E-state index >= 15 is 0 Å². The van der Waals surface area contributed by atoms with Crippen LogP contribution in [0.5, 0.6) is 0 Å². The molecule has 0 bridgehead atoms. The van der Waals surface area contributed by atoms with Crippen molar-refractivity contribution in [1.82, 2.24) is 20.2 Å². The Morgan fingerprint density at radius 3 is 2.88 bits per heavy atom. The van der Waals surface area contributed by atoms with Gasteiger partial charge in [-0.3, -0.25) is 9.59 Å². The van der Waals surface area contributed by atoms with E-state index in [-0.39, 0.29) is 18.4 Å². The molecular formula is C10H16N4O2. The molecule has 0 aromatic carbocycles. The van der Waals surface area contributed by atoms with Crippen molar-refractivity contribution < 1.29 is 9.59 Å². The zero-order chi connectivity index (χ0) is 12.0. The molecular weight excluding hydrogens is 208 g/mol. The Morgan fingerprint density at radius 1 is 1.56 bits per heavy atom. The normalized spacial score (nSPS) is 9.88. The second-order valence-corrected chi connectivity index (χ2v) is 3.55. The molecule has 0 saturated carbocycles. The van der Waals surface area contributed by atoms with E-state index in [9.17, 15) is 9.59 Å². The predicted molar refractivity (Wildman–Crippen MR) is 58.6 cm³/mol. The minimum atomic E-state index is -0.155. The summed E-state index contributed by atoms with van der Waals surface area (Å²) in [5.41, 5.74) is 0.972. The van der Waals surface area contributed by atoms with Gasteiger partial charge in [0.05, 0.1) is 12.9 Å². The van der Waals surface area contributed by atoms with Gasteiger partial charge < -0.3 is 15.2 Å². The van der Waals surface area contributed by atoms with E-state index in [1.807, 2.05) is 0 Å². The molecule has 0 aliphatic rings. The number of hydrogen-bond acceptors (Lipinski definition) is 3. The number of imidazole rings is 1. The van der Waals surface area contributed by atoms with Crippen LogP contribution in [-0.4, -0.2) is 46.8 Å². The average Bonchev–Trinajstić information content (AvgIpc) is 2.70. The topological polar surface area (TPSA) is 78.1 Å². The first-order chi connectivity index (χ1) is 7.59. The number of H-pyrrole nitrogens is 1. The number of carbonyl (C=O) groups is 2. The minimum Gasteiger partial charge on any atom is -0.354 e. The van der Waals surface area contributed by atoms with Gasteiger partial charge in [-0.1, -0.05) is 0 Å². The number of carbonyl (C=O) groups excluding carboxylic acids is 2. The molecule has 1 aromatic heterocycles. The molecule has 0 aliphatic heterocycles. The SMILES string of the molecule is CC(=O)N(C)CC(=O)NCCc1cnc[nH]1. The Labute approximate surface area is 94.0 Å². The monoisotopic (exact) mass is 224 g/mol. The Balaban J connectivity index is 2.18. The maximum absolute atomic E-state index is 11.4. The second-order valence-electron chi connectivity index (χ2n) is 3.55. The van der Waals surface area contributed by atoms with Gasteiger partial charge in [-0.2, -0.15) is 0 Å². The van der Waals surface area contributed by atoms with Crippen LogP contribution in [0.25, 0.3) is 0 Å². The number of rotatable bonds is 5. The summed E-state index contributed by atoms with van der Waals surface area (Å²) >= 11 is 0. The van der Waals surface area contributed by atoms with Crippen LogP contribution in [0.3, 0.4) is 0 Å². The van der Waals surface area contributed by atoms with Crippen LogP contribution in [0, 0.1) is 0 Å². The van der Waals surface area contributed by atoms with E-state index in [2.05, 4.69) is 15.3 Å². The Bertz CT molecular complexity index is 348. The molecule has 0 spiro atoms. The Kier molecular flexibility index (Phi) is 4.50. The van der Waals surface area contributed by atoms with Crippen LogP contribution in [-0.2, 0) is 16.0 Å². The molecule has 0 fully saturated rings. The molecule has 0 aliphatic carbocycles. The summed E-state index contributed by atoms with van der Waals surface area (Å²) in [6, 6.07) is 0. The molecule has 1 rings (SSSR count). The lowest BCUT2D eigenvalue weighted by Gasteiger charge is -2.13. The van der Waals surface area contributed by atoms with Crippen molar-refractivity contribution in [2.24, 2.45) is 0 Å². The predicted octanol–water partition coefficient (Wildman–Crippen LogP) is -0.453. The molecule has 0 radical (unpaired) electrons. The van der Waals surface area contributed by atoms with Gasteiger partial charge in [-0.15, -0.1) is 0 Å². The van der Waals surface area contributed by atoms with Crippen LogP contribution in [0.4, 0.5) is 0 Å². The number of hydrogen-bond donors (Lipinski definition) is 2. The van der Waals surface area contributed by atoms with Crippen LogP contribution in [0.15, 0.2) is 12.5 Å². The molecule has 2 amide bonds. The standard InChI is InChI=1S/C10H16N4O2/c1-8(15)14(2)6-10(16)12-4-3-9-5-11-7-13-9/h5,7H,3-4,6H2,1-2H3,(H,11,13)(H,12,16). The number of aromatic amines is 1. The van der Waals surface area contributed by atoms with Crippen LogP contribution in [0.1, 0.15) is 12.6 Å². The summed E-state index contributed by atoms with van der Waals surface area (Å²) in [5, 5.41) is 2.73. The molecule has 6 heteroatoms. The zero-order valence-electron chi connectivity index (χ0n) is 9.49. The first kappa shape index (κ1) is 12.2. The van der Waals surface area contributed by atoms with Gasteiger partial charge in [0.1, 0.15) is 0 Å². The fraction of sp³-hybridized carbons (Fsp3) is 0.500. The van der Waals surface area contributed by atoms with E-state index in [0.717, 1.165) is 5.69 Å². The van der Waals surface area contributed by atoms with E-state index in [4.69, 9.17) is 0 Å². The highest BCUT2D eigenvalue weighted by Gasteiger charge is 2.07. The number of amides is 2. The van der Waals surface area contributed by atoms with Crippen LogP contribution < -0.4 is 5.32 Å². The molecule has 0 unspecified atom stereocenters. The quantitative estimate of drug-likeness (QED) is 0.711. The van der Waals surface area contributed by atoms with Crippen molar-refractivity contribution in [2.45, 2.75) is 13.3 Å². The van der Waals surface area contributed by atoms with Gasteiger partial charge in [-0.05, 0) is 0 Å². The van der Waals surface area contributed by atoms with Gasteiger partial charge in [0.15, 0.2) is 0 Å². The largest absolute Gasteiger partial charge is 0.354 e. The summed E-state index contributed by atoms with van der Waals surface area (Å²) in [6.45, 7) is 2.06.